The molecule has 108 valence electrons. The van der Waals surface area contributed by atoms with Gasteiger partial charge in [-0.1, -0.05) is 0 Å². The van der Waals surface area contributed by atoms with Gasteiger partial charge < -0.3 is 5.73 Å². The first-order valence-corrected chi connectivity index (χ1v) is 4.97. The third-order valence-corrected chi connectivity index (χ3v) is 1.82. The molecule has 0 rings (SSSR count). The van der Waals surface area contributed by atoms with Crippen LogP contribution in [0.2, 0.25) is 0 Å². The Kier molecular flexibility index (Phi) is 4.65. The number of nitrogens with two attached hydrogens (primary N) is 1. The van der Waals surface area contributed by atoms with Gasteiger partial charge >= 0.3 is 12.1 Å². The molecule has 0 aromatic carbocycles. The van der Waals surface area contributed by atoms with Crippen molar-refractivity contribution < 1.29 is 26.7 Å². The summed E-state index contributed by atoms with van der Waals surface area (Å²) in [5.74, 6) is -9.47. The molecule has 0 fully saturated rings. The molecule has 0 spiro atoms. The lowest BCUT2D eigenvalue weighted by Gasteiger charge is -2.26. The maximum atomic E-state index is 13.3. The van der Waals surface area contributed by atoms with Crippen molar-refractivity contribution in [2.75, 3.05) is 0 Å². The van der Waals surface area contributed by atoms with Crippen LogP contribution in [0.5, 0.6) is 0 Å². The molecule has 0 aromatic rings. The summed E-state index contributed by atoms with van der Waals surface area (Å²) in [6.45, 7) is 3.73. The van der Waals surface area contributed by atoms with Gasteiger partial charge in [0, 0.05) is 0 Å². The highest BCUT2D eigenvalue weighted by molar-refractivity contribution is 6.09. The first-order chi connectivity index (χ1) is 8.24. The minimum Gasteiger partial charge on any atom is -0.368 e. The predicted molar refractivity (Wildman–Crippen MR) is 56.5 cm³/mol. The van der Waals surface area contributed by atoms with Crippen LogP contribution in [0.25, 0.3) is 0 Å². The Bertz CT molecular complexity index is 428. The molecule has 1 atom stereocenters. The van der Waals surface area contributed by atoms with Crippen molar-refractivity contribution >= 4 is 11.6 Å². The average Bonchev–Trinajstić information content (AvgIpc) is 2.12. The van der Waals surface area contributed by atoms with Crippen molar-refractivity contribution in [3.05, 3.63) is 0 Å². The van der Waals surface area contributed by atoms with Crippen molar-refractivity contribution in [3.63, 3.8) is 0 Å². The lowest BCUT2D eigenvalue weighted by Crippen LogP contribution is -2.50. The highest BCUT2D eigenvalue weighted by Crippen LogP contribution is 2.39. The molecule has 1 amide bonds. The summed E-state index contributed by atoms with van der Waals surface area (Å²) in [6, 6.07) is 1.02. The predicted octanol–water partition coefficient (Wildman–Crippen LogP) is 2.05. The fraction of sp³-hybridized carbons (Fsp3) is 0.700. The fourth-order valence-electron chi connectivity index (χ4n) is 1.08. The van der Waals surface area contributed by atoms with Crippen LogP contribution in [0.3, 0.4) is 0 Å². The van der Waals surface area contributed by atoms with Gasteiger partial charge in [-0.25, -0.2) is 0 Å². The van der Waals surface area contributed by atoms with Crippen LogP contribution in [0.4, 0.5) is 22.0 Å². The first kappa shape index (κ1) is 17.3. The van der Waals surface area contributed by atoms with Gasteiger partial charge in [0.25, 0.3) is 0 Å². The number of alkyl halides is 5. The Morgan fingerprint density at radius 2 is 1.63 bits per heavy atom. The van der Waals surface area contributed by atoms with Crippen molar-refractivity contribution in [2.45, 2.75) is 38.4 Å². The number of hydrogen-bond donors (Lipinski definition) is 1. The molecule has 4 nitrogen and oxygen atoms in total. The second-order valence-electron chi connectivity index (χ2n) is 4.70. The molecule has 0 aromatic heterocycles. The number of nitriles is 1. The highest BCUT2D eigenvalue weighted by Gasteiger charge is 2.63. The van der Waals surface area contributed by atoms with Gasteiger partial charge in [0.1, 0.15) is 5.71 Å². The number of primary amides is 1. The Morgan fingerprint density at radius 3 is 1.84 bits per heavy atom. The minimum absolute atomic E-state index is 1.02. The second-order valence-corrected chi connectivity index (χ2v) is 4.70. The zero-order valence-corrected chi connectivity index (χ0v) is 10.3. The fourth-order valence-corrected chi connectivity index (χ4v) is 1.08. The van der Waals surface area contributed by atoms with Crippen molar-refractivity contribution in [1.29, 1.82) is 5.26 Å². The van der Waals surface area contributed by atoms with Gasteiger partial charge in [-0.2, -0.15) is 27.2 Å². The van der Waals surface area contributed by atoms with Gasteiger partial charge in [-0.3, -0.25) is 9.79 Å². The van der Waals surface area contributed by atoms with Crippen LogP contribution in [-0.4, -0.2) is 29.3 Å². The highest BCUT2D eigenvalue weighted by atomic mass is 19.4. The summed E-state index contributed by atoms with van der Waals surface area (Å²) >= 11 is 0. The number of aliphatic imine (C=N–C) groups is 1. The van der Waals surface area contributed by atoms with Crippen molar-refractivity contribution in [1.82, 2.24) is 0 Å². The lowest BCUT2D eigenvalue weighted by atomic mass is 9.96. The Morgan fingerprint density at radius 1 is 1.21 bits per heavy atom. The molecule has 0 aliphatic rings. The molecule has 2 N–H and O–H groups in total. The van der Waals surface area contributed by atoms with E-state index in [1.807, 2.05) is 0 Å². The van der Waals surface area contributed by atoms with Gasteiger partial charge in [0.15, 0.2) is 5.92 Å². The molecule has 0 bridgehead atoms. The number of halogens is 5. The number of carbonyl (C=O) groups excluding carboxylic acids is 1. The standard InChI is InChI=1S/C10H12F5N3O/c1-8(2,3)18-6(5(4-16)7(17)19)9(11,12)10(13,14)15/h5H,1-3H3,(H2,17,19). The number of carbonyl (C=O) groups is 1. The molecule has 19 heavy (non-hydrogen) atoms. The molecular weight excluding hydrogens is 273 g/mol. The number of rotatable bonds is 3. The van der Waals surface area contributed by atoms with Crippen LogP contribution in [0.1, 0.15) is 20.8 Å². The molecular formula is C10H12F5N3O. The molecule has 0 aliphatic heterocycles. The smallest absolute Gasteiger partial charge is 0.368 e. The summed E-state index contributed by atoms with van der Waals surface area (Å²) in [7, 11) is 0. The lowest BCUT2D eigenvalue weighted by molar-refractivity contribution is -0.250. The van der Waals surface area contributed by atoms with Gasteiger partial charge in [0.2, 0.25) is 5.91 Å². The van der Waals surface area contributed by atoms with Crippen LogP contribution in [-0.2, 0) is 4.79 Å². The summed E-state index contributed by atoms with van der Waals surface area (Å²) < 4.78 is 63.6. The van der Waals surface area contributed by atoms with Crippen LogP contribution >= 0.6 is 0 Å². The van der Waals surface area contributed by atoms with Gasteiger partial charge in [-0.05, 0) is 20.8 Å². The van der Waals surface area contributed by atoms with E-state index in [0.717, 1.165) is 6.07 Å². The summed E-state index contributed by atoms with van der Waals surface area (Å²) in [4.78, 5) is 14.0. The van der Waals surface area contributed by atoms with E-state index < -0.39 is 35.2 Å². The summed E-state index contributed by atoms with van der Waals surface area (Å²) in [5.41, 5.74) is 1.44. The van der Waals surface area contributed by atoms with E-state index in [0.29, 0.717) is 0 Å². The van der Waals surface area contributed by atoms with E-state index in [4.69, 9.17) is 5.26 Å². The Labute approximate surface area is 106 Å². The Hall–Kier alpha value is -1.72. The van der Waals surface area contributed by atoms with Crippen LogP contribution < -0.4 is 5.73 Å². The van der Waals surface area contributed by atoms with Crippen LogP contribution in [0.15, 0.2) is 4.99 Å². The van der Waals surface area contributed by atoms with Crippen molar-refractivity contribution in [3.8, 4) is 6.07 Å². The number of nitrogens with zero attached hydrogens (tertiary/aromatic N) is 2. The maximum Gasteiger partial charge on any atom is 0.459 e. The quantitative estimate of drug-likeness (QED) is 0.636. The van der Waals surface area contributed by atoms with Crippen LogP contribution in [0, 0.1) is 17.2 Å². The van der Waals surface area contributed by atoms with Gasteiger partial charge in [-0.15, -0.1) is 0 Å². The minimum atomic E-state index is -5.97. The molecule has 0 aliphatic carbocycles. The first-order valence-electron chi connectivity index (χ1n) is 4.97. The van der Waals surface area contributed by atoms with Crippen molar-refractivity contribution in [2.24, 2.45) is 16.6 Å². The Balaban J connectivity index is 6.05. The normalized spacial score (nSPS) is 15.8. The van der Waals surface area contributed by atoms with E-state index in [1.54, 1.807) is 0 Å². The average molecular weight is 285 g/mol. The van der Waals surface area contributed by atoms with E-state index in [-0.39, 0.29) is 0 Å². The van der Waals surface area contributed by atoms with E-state index in [9.17, 15) is 26.7 Å². The topological polar surface area (TPSA) is 79.2 Å². The SMILES string of the molecule is CC(C)(C)N=C(C(C#N)C(N)=O)C(F)(F)C(F)(F)F. The maximum absolute atomic E-state index is 13.3. The third kappa shape index (κ3) is 4.15. The second kappa shape index (κ2) is 5.11. The monoisotopic (exact) mass is 285 g/mol. The molecule has 0 heterocycles. The number of hydrogen-bond acceptors (Lipinski definition) is 3. The third-order valence-electron chi connectivity index (χ3n) is 1.82. The van der Waals surface area contributed by atoms with E-state index in [2.05, 4.69) is 10.7 Å². The molecule has 0 saturated carbocycles. The largest absolute Gasteiger partial charge is 0.459 e. The van der Waals surface area contributed by atoms with Gasteiger partial charge in [0.05, 0.1) is 11.6 Å². The zero-order chi connectivity index (χ0) is 15.6. The van der Waals surface area contributed by atoms with E-state index in [1.165, 1.54) is 20.8 Å². The molecule has 9 heteroatoms. The molecule has 1 unspecified atom stereocenters. The summed E-state index contributed by atoms with van der Waals surface area (Å²) in [6.07, 6.45) is -5.97. The summed E-state index contributed by atoms with van der Waals surface area (Å²) in [5, 5.41) is 8.56. The molecule has 0 saturated heterocycles. The number of amides is 1. The molecule has 0 radical (unpaired) electrons. The zero-order valence-electron chi connectivity index (χ0n) is 10.3. The van der Waals surface area contributed by atoms with E-state index >= 15 is 0 Å².